The number of pyridine rings is 1. The molecule has 0 saturated carbocycles. The van der Waals surface area contributed by atoms with Gasteiger partial charge in [0.15, 0.2) is 0 Å². The second-order valence-corrected chi connectivity index (χ2v) is 4.88. The predicted octanol–water partition coefficient (Wildman–Crippen LogP) is 3.09. The fourth-order valence-corrected chi connectivity index (χ4v) is 2.78. The second kappa shape index (κ2) is 4.70. The molecule has 98 valence electrons. The summed E-state index contributed by atoms with van der Waals surface area (Å²) in [5.74, 6) is -1.17. The molecule has 0 spiro atoms. The van der Waals surface area contributed by atoms with E-state index in [1.54, 1.807) is 6.20 Å². The van der Waals surface area contributed by atoms with Crippen LogP contribution in [0.25, 0.3) is 0 Å². The van der Waals surface area contributed by atoms with Crippen LogP contribution in [0, 0.1) is 11.6 Å². The molecule has 2 aromatic rings. The van der Waals surface area contributed by atoms with E-state index < -0.39 is 17.7 Å². The van der Waals surface area contributed by atoms with Gasteiger partial charge in [0.1, 0.15) is 11.6 Å². The molecule has 0 bridgehead atoms. The zero-order chi connectivity index (χ0) is 13.4. The molecule has 0 fully saturated rings. The molecule has 3 rings (SSSR count). The zero-order valence-electron chi connectivity index (χ0n) is 10.3. The summed E-state index contributed by atoms with van der Waals surface area (Å²) in [6.07, 6.45) is 3.49. The Hall–Kier alpha value is -1.81. The van der Waals surface area contributed by atoms with E-state index in [4.69, 9.17) is 5.73 Å². The minimum Gasteiger partial charge on any atom is -0.323 e. The highest BCUT2D eigenvalue weighted by atomic mass is 19.1. The molecular weight excluding hydrogens is 246 g/mol. The fraction of sp³-hybridized carbons (Fsp3) is 0.267. The van der Waals surface area contributed by atoms with E-state index >= 15 is 0 Å². The molecule has 0 aliphatic heterocycles. The third-order valence-electron chi connectivity index (χ3n) is 3.76. The lowest BCUT2D eigenvalue weighted by atomic mass is 9.91. The number of rotatable bonds is 2. The normalized spacial score (nSPS) is 19.2. The first-order valence-electron chi connectivity index (χ1n) is 6.31. The van der Waals surface area contributed by atoms with Crippen LogP contribution < -0.4 is 5.73 Å². The van der Waals surface area contributed by atoms with Crippen molar-refractivity contribution in [2.24, 2.45) is 5.73 Å². The van der Waals surface area contributed by atoms with Crippen LogP contribution in [-0.2, 0) is 6.42 Å². The van der Waals surface area contributed by atoms with Crippen LogP contribution in [0.2, 0.25) is 0 Å². The predicted molar refractivity (Wildman–Crippen MR) is 68.6 cm³/mol. The minimum absolute atomic E-state index is 0.00355. The van der Waals surface area contributed by atoms with Gasteiger partial charge in [0, 0.05) is 35.5 Å². The van der Waals surface area contributed by atoms with Gasteiger partial charge < -0.3 is 5.73 Å². The highest BCUT2D eigenvalue weighted by Gasteiger charge is 2.31. The van der Waals surface area contributed by atoms with Crippen molar-refractivity contribution >= 4 is 0 Å². The summed E-state index contributed by atoms with van der Waals surface area (Å²) in [4.78, 5) is 4.36. The van der Waals surface area contributed by atoms with E-state index in [0.29, 0.717) is 5.56 Å². The molecule has 1 aromatic heterocycles. The highest BCUT2D eigenvalue weighted by Crippen LogP contribution is 2.39. The summed E-state index contributed by atoms with van der Waals surface area (Å²) < 4.78 is 26.7. The SMILES string of the molecule is NC(c1ccc(F)cc1F)C1CCc2cccnc21. The van der Waals surface area contributed by atoms with E-state index in [-0.39, 0.29) is 5.92 Å². The largest absolute Gasteiger partial charge is 0.323 e. The quantitative estimate of drug-likeness (QED) is 0.901. The van der Waals surface area contributed by atoms with Crippen LogP contribution in [-0.4, -0.2) is 4.98 Å². The number of fused-ring (bicyclic) bond motifs is 1. The van der Waals surface area contributed by atoms with Gasteiger partial charge in [-0.15, -0.1) is 0 Å². The van der Waals surface area contributed by atoms with Gasteiger partial charge in [-0.25, -0.2) is 8.78 Å². The van der Waals surface area contributed by atoms with E-state index in [9.17, 15) is 8.78 Å². The average molecular weight is 260 g/mol. The maximum absolute atomic E-state index is 13.8. The molecule has 1 heterocycles. The number of aromatic nitrogens is 1. The van der Waals surface area contributed by atoms with Crippen LogP contribution in [0.4, 0.5) is 8.78 Å². The van der Waals surface area contributed by atoms with E-state index in [0.717, 1.165) is 24.6 Å². The van der Waals surface area contributed by atoms with Crippen LogP contribution in [0.3, 0.4) is 0 Å². The van der Waals surface area contributed by atoms with Crippen molar-refractivity contribution in [3.8, 4) is 0 Å². The summed E-state index contributed by atoms with van der Waals surface area (Å²) in [5.41, 5.74) is 8.63. The summed E-state index contributed by atoms with van der Waals surface area (Å²) in [5, 5.41) is 0. The van der Waals surface area contributed by atoms with Crippen molar-refractivity contribution in [1.82, 2.24) is 4.98 Å². The Morgan fingerprint density at radius 2 is 2.11 bits per heavy atom. The number of hydrogen-bond donors (Lipinski definition) is 1. The molecule has 2 unspecified atom stereocenters. The third kappa shape index (κ3) is 2.12. The van der Waals surface area contributed by atoms with Crippen molar-refractivity contribution in [3.63, 3.8) is 0 Å². The van der Waals surface area contributed by atoms with Crippen molar-refractivity contribution in [2.45, 2.75) is 24.8 Å². The van der Waals surface area contributed by atoms with E-state index in [2.05, 4.69) is 4.98 Å². The van der Waals surface area contributed by atoms with Crippen molar-refractivity contribution in [1.29, 1.82) is 0 Å². The monoisotopic (exact) mass is 260 g/mol. The fourth-order valence-electron chi connectivity index (χ4n) is 2.78. The molecule has 2 nitrogen and oxygen atoms in total. The van der Waals surface area contributed by atoms with Gasteiger partial charge in [0.2, 0.25) is 0 Å². The first-order valence-corrected chi connectivity index (χ1v) is 6.31. The Balaban J connectivity index is 1.95. The van der Waals surface area contributed by atoms with E-state index in [1.165, 1.54) is 17.7 Å². The Morgan fingerprint density at radius 3 is 2.89 bits per heavy atom. The first kappa shape index (κ1) is 12.2. The summed E-state index contributed by atoms with van der Waals surface area (Å²) in [7, 11) is 0. The molecule has 2 N–H and O–H groups in total. The molecule has 4 heteroatoms. The van der Waals surface area contributed by atoms with Gasteiger partial charge in [0.25, 0.3) is 0 Å². The van der Waals surface area contributed by atoms with Crippen LogP contribution in [0.5, 0.6) is 0 Å². The first-order chi connectivity index (χ1) is 9.16. The van der Waals surface area contributed by atoms with Gasteiger partial charge in [-0.1, -0.05) is 12.1 Å². The maximum Gasteiger partial charge on any atom is 0.130 e. The molecule has 1 aromatic carbocycles. The summed E-state index contributed by atoms with van der Waals surface area (Å²) >= 11 is 0. The number of hydrogen-bond acceptors (Lipinski definition) is 2. The van der Waals surface area contributed by atoms with Gasteiger partial charge in [-0.2, -0.15) is 0 Å². The Kier molecular flexibility index (Phi) is 3.03. The molecule has 2 atom stereocenters. The zero-order valence-corrected chi connectivity index (χ0v) is 10.3. The second-order valence-electron chi connectivity index (χ2n) is 4.88. The lowest BCUT2D eigenvalue weighted by Gasteiger charge is -2.20. The topological polar surface area (TPSA) is 38.9 Å². The smallest absolute Gasteiger partial charge is 0.130 e. The third-order valence-corrected chi connectivity index (χ3v) is 3.76. The molecule has 0 radical (unpaired) electrons. The van der Waals surface area contributed by atoms with Gasteiger partial charge in [0.05, 0.1) is 0 Å². The highest BCUT2D eigenvalue weighted by molar-refractivity contribution is 5.33. The van der Waals surface area contributed by atoms with Crippen molar-refractivity contribution in [2.75, 3.05) is 0 Å². The van der Waals surface area contributed by atoms with Gasteiger partial charge >= 0.3 is 0 Å². The number of nitrogens with zero attached hydrogens (tertiary/aromatic N) is 1. The van der Waals surface area contributed by atoms with E-state index in [1.807, 2.05) is 12.1 Å². The molecule has 0 amide bonds. The standard InChI is InChI=1S/C15H14F2N2/c16-10-4-6-11(13(17)8-10)14(18)12-5-3-9-2-1-7-19-15(9)12/h1-2,4,6-8,12,14H,3,5,18H2. The minimum atomic E-state index is -0.586. The number of halogens is 2. The molecular formula is C15H14F2N2. The Labute approximate surface area is 110 Å². The average Bonchev–Trinajstić information content (AvgIpc) is 2.82. The number of benzene rings is 1. The Bertz CT molecular complexity index is 613. The van der Waals surface area contributed by atoms with Crippen molar-refractivity contribution < 1.29 is 8.78 Å². The number of nitrogens with two attached hydrogens (primary N) is 1. The molecule has 1 aliphatic carbocycles. The molecule has 0 saturated heterocycles. The summed E-state index contributed by atoms with van der Waals surface area (Å²) in [6, 6.07) is 6.98. The van der Waals surface area contributed by atoms with Gasteiger partial charge in [-0.3, -0.25) is 4.98 Å². The lowest BCUT2D eigenvalue weighted by Crippen LogP contribution is -2.20. The maximum atomic E-state index is 13.8. The van der Waals surface area contributed by atoms with Gasteiger partial charge in [-0.05, 0) is 30.5 Å². The lowest BCUT2D eigenvalue weighted by molar-refractivity contribution is 0.500. The number of aryl methyl sites for hydroxylation is 1. The Morgan fingerprint density at radius 1 is 1.26 bits per heavy atom. The van der Waals surface area contributed by atoms with Crippen molar-refractivity contribution in [3.05, 3.63) is 65.0 Å². The van der Waals surface area contributed by atoms with Crippen LogP contribution >= 0.6 is 0 Å². The molecule has 1 aliphatic rings. The van der Waals surface area contributed by atoms with Crippen LogP contribution in [0.15, 0.2) is 36.5 Å². The molecule has 19 heavy (non-hydrogen) atoms. The summed E-state index contributed by atoms with van der Waals surface area (Å²) in [6.45, 7) is 0. The van der Waals surface area contributed by atoms with Crippen LogP contribution in [0.1, 0.15) is 35.2 Å².